The number of Topliss-reactive ketones (excluding diaryl/α,β-unsaturated/α-hetero) is 1. The Hall–Kier alpha value is -1.10. The zero-order valence-electron chi connectivity index (χ0n) is 17.1. The van der Waals surface area contributed by atoms with E-state index >= 15 is 0 Å². The summed E-state index contributed by atoms with van der Waals surface area (Å²) in [5, 5.41) is 44.1. The van der Waals surface area contributed by atoms with E-state index in [4.69, 9.17) is 9.84 Å². The number of carboxylic acids is 1. The number of aliphatic carboxylic acids is 1. The monoisotopic (exact) mass is 406 g/mol. The number of ketones is 1. The minimum absolute atomic E-state index is 0.138. The number of rotatable bonds is 19. The first-order valence-electron chi connectivity index (χ1n) is 10.1. The topological polar surface area (TPSA) is 148 Å². The van der Waals surface area contributed by atoms with E-state index in [0.29, 0.717) is 32.4 Å². The summed E-state index contributed by atoms with van der Waals surface area (Å²) >= 11 is 0. The van der Waals surface area contributed by atoms with Gasteiger partial charge in [-0.3, -0.25) is 9.59 Å². The van der Waals surface area contributed by atoms with Gasteiger partial charge in [-0.05, 0) is 32.9 Å². The van der Waals surface area contributed by atoms with Crippen LogP contribution in [0.1, 0.15) is 51.9 Å². The van der Waals surface area contributed by atoms with Gasteiger partial charge in [0.25, 0.3) is 0 Å². The molecule has 9 nitrogen and oxygen atoms in total. The molecule has 0 bridgehead atoms. The number of likely N-dealkylation sites (N-methyl/N-ethyl adjacent to an activating group) is 1. The maximum Gasteiger partial charge on any atom is 0.320 e. The maximum absolute atomic E-state index is 11.9. The lowest BCUT2D eigenvalue weighted by Gasteiger charge is -2.22. The molecule has 6 N–H and O–H groups in total. The summed E-state index contributed by atoms with van der Waals surface area (Å²) < 4.78 is 5.27. The Morgan fingerprint density at radius 1 is 1.04 bits per heavy atom. The van der Waals surface area contributed by atoms with Crippen LogP contribution in [-0.2, 0) is 14.3 Å². The van der Waals surface area contributed by atoms with Crippen LogP contribution in [0.3, 0.4) is 0 Å². The summed E-state index contributed by atoms with van der Waals surface area (Å²) in [7, 11) is 1.59. The van der Waals surface area contributed by atoms with Gasteiger partial charge < -0.3 is 35.8 Å². The number of carboxylic acid groups (broad SMARTS) is 1. The summed E-state index contributed by atoms with van der Waals surface area (Å²) in [5.41, 5.74) is 0. The van der Waals surface area contributed by atoms with E-state index in [1.165, 1.54) is 0 Å². The van der Waals surface area contributed by atoms with Gasteiger partial charge in [0.2, 0.25) is 0 Å². The molecule has 0 aromatic rings. The van der Waals surface area contributed by atoms with Crippen molar-refractivity contribution in [3.8, 4) is 0 Å². The van der Waals surface area contributed by atoms with E-state index in [1.54, 1.807) is 7.05 Å². The second-order valence-electron chi connectivity index (χ2n) is 6.96. The van der Waals surface area contributed by atoms with Gasteiger partial charge in [0.05, 0.1) is 13.2 Å². The highest BCUT2D eigenvalue weighted by Crippen LogP contribution is 2.05. The fourth-order valence-corrected chi connectivity index (χ4v) is 2.64. The molecule has 0 aromatic heterocycles. The van der Waals surface area contributed by atoms with Crippen LogP contribution in [0.15, 0.2) is 0 Å². The molecule has 0 aliphatic carbocycles. The van der Waals surface area contributed by atoms with Crippen LogP contribution in [0, 0.1) is 0 Å². The van der Waals surface area contributed by atoms with Crippen LogP contribution in [0.25, 0.3) is 0 Å². The highest BCUT2D eigenvalue weighted by molar-refractivity contribution is 5.85. The van der Waals surface area contributed by atoms with Gasteiger partial charge in [-0.1, -0.05) is 32.6 Å². The molecular formula is C19H38N2O7. The Morgan fingerprint density at radius 3 is 2.36 bits per heavy atom. The Morgan fingerprint density at radius 2 is 1.75 bits per heavy atom. The van der Waals surface area contributed by atoms with E-state index in [9.17, 15) is 24.9 Å². The number of nitrogens with one attached hydrogen (secondary N) is 2. The number of aliphatic hydroxyl groups excluding tert-OH is 3. The molecule has 0 radical (unpaired) electrons. The van der Waals surface area contributed by atoms with Crippen LogP contribution < -0.4 is 10.6 Å². The average Bonchev–Trinajstić information content (AvgIpc) is 2.68. The minimum atomic E-state index is -1.69. The second-order valence-corrected chi connectivity index (χ2v) is 6.96. The third-order valence-electron chi connectivity index (χ3n) is 4.52. The van der Waals surface area contributed by atoms with E-state index in [0.717, 1.165) is 25.7 Å². The number of carbonyl (C=O) groups excluding carboxylic acids is 1. The number of carbonyl (C=O) groups is 2. The van der Waals surface area contributed by atoms with Gasteiger partial charge in [0, 0.05) is 6.61 Å². The third kappa shape index (κ3) is 12.4. The van der Waals surface area contributed by atoms with Crippen molar-refractivity contribution in [2.24, 2.45) is 0 Å². The molecule has 0 aromatic carbocycles. The molecule has 0 heterocycles. The van der Waals surface area contributed by atoms with Crippen LogP contribution in [0.5, 0.6) is 0 Å². The quantitative estimate of drug-likeness (QED) is 0.159. The van der Waals surface area contributed by atoms with Gasteiger partial charge >= 0.3 is 5.97 Å². The van der Waals surface area contributed by atoms with Crippen LogP contribution in [0.4, 0.5) is 0 Å². The number of unbranched alkanes of at least 4 members (excludes halogenated alkanes) is 4. The summed E-state index contributed by atoms with van der Waals surface area (Å²) in [6, 6.07) is -0.589. The van der Waals surface area contributed by atoms with E-state index in [1.807, 2.05) is 0 Å². The molecule has 0 rings (SSSR count). The van der Waals surface area contributed by atoms with Crippen molar-refractivity contribution >= 4 is 11.8 Å². The second kappa shape index (κ2) is 16.8. The van der Waals surface area contributed by atoms with Gasteiger partial charge in [0.15, 0.2) is 5.78 Å². The van der Waals surface area contributed by atoms with Crippen LogP contribution in [-0.4, -0.2) is 89.9 Å². The van der Waals surface area contributed by atoms with Crippen molar-refractivity contribution < 1.29 is 34.8 Å². The first-order chi connectivity index (χ1) is 13.3. The largest absolute Gasteiger partial charge is 0.480 e. The predicted molar refractivity (Wildman–Crippen MR) is 105 cm³/mol. The lowest BCUT2D eigenvalue weighted by molar-refractivity contribution is -0.140. The van der Waals surface area contributed by atoms with Crippen molar-refractivity contribution in [2.45, 2.75) is 76.2 Å². The SMILES string of the molecule is CCCCCCOCC(O)C(O)C(O)C(=O)CNCCCCC(NC)C(=O)O. The predicted octanol–water partition coefficient (Wildman–Crippen LogP) is -0.332. The van der Waals surface area contributed by atoms with Crippen molar-refractivity contribution in [3.05, 3.63) is 0 Å². The van der Waals surface area contributed by atoms with Gasteiger partial charge in [0.1, 0.15) is 24.4 Å². The Labute approximate surface area is 167 Å². The zero-order chi connectivity index (χ0) is 21.4. The molecule has 0 fully saturated rings. The Bertz CT molecular complexity index is 423. The fraction of sp³-hybridized carbons (Fsp3) is 0.895. The van der Waals surface area contributed by atoms with Crippen LogP contribution >= 0.6 is 0 Å². The number of hydrogen-bond donors (Lipinski definition) is 6. The average molecular weight is 407 g/mol. The number of aliphatic hydroxyl groups is 3. The van der Waals surface area contributed by atoms with Crippen molar-refractivity contribution in [2.75, 3.05) is 33.4 Å². The number of hydrogen-bond acceptors (Lipinski definition) is 8. The first-order valence-corrected chi connectivity index (χ1v) is 10.1. The molecule has 9 heteroatoms. The summed E-state index contributed by atoms with van der Waals surface area (Å²) in [4.78, 5) is 22.8. The van der Waals surface area contributed by atoms with Gasteiger partial charge in [-0.25, -0.2) is 0 Å². The van der Waals surface area contributed by atoms with Gasteiger partial charge in [-0.15, -0.1) is 0 Å². The molecule has 0 aliphatic heterocycles. The first kappa shape index (κ1) is 26.9. The molecule has 0 spiro atoms. The molecule has 0 amide bonds. The molecule has 0 saturated heterocycles. The molecule has 0 aliphatic rings. The standard InChI is InChI=1S/C19H38N2O7/c1-3-4-5-8-11-28-13-16(23)18(25)17(24)15(22)12-21-10-7-6-9-14(20-2)19(26)27/h14,16-18,20-21,23-25H,3-13H2,1-2H3,(H,26,27). The smallest absolute Gasteiger partial charge is 0.320 e. The maximum atomic E-state index is 11.9. The van der Waals surface area contributed by atoms with E-state index < -0.39 is 36.1 Å². The summed E-state index contributed by atoms with van der Waals surface area (Å²) in [6.07, 6.45) is 1.32. The highest BCUT2D eigenvalue weighted by atomic mass is 16.5. The molecule has 28 heavy (non-hydrogen) atoms. The van der Waals surface area contributed by atoms with E-state index in [-0.39, 0.29) is 13.2 Å². The van der Waals surface area contributed by atoms with Crippen LogP contribution in [0.2, 0.25) is 0 Å². The molecule has 4 unspecified atom stereocenters. The Kier molecular flexibility index (Phi) is 16.2. The fourth-order valence-electron chi connectivity index (χ4n) is 2.64. The van der Waals surface area contributed by atoms with E-state index in [2.05, 4.69) is 17.6 Å². The summed E-state index contributed by atoms with van der Waals surface area (Å²) in [5.74, 6) is -1.51. The Balaban J connectivity index is 3.89. The van der Waals surface area contributed by atoms with Crippen molar-refractivity contribution in [1.29, 1.82) is 0 Å². The normalized spacial score (nSPS) is 15.8. The molecule has 166 valence electrons. The highest BCUT2D eigenvalue weighted by Gasteiger charge is 2.29. The third-order valence-corrected chi connectivity index (χ3v) is 4.52. The lowest BCUT2D eigenvalue weighted by atomic mass is 10.0. The minimum Gasteiger partial charge on any atom is -0.480 e. The molecular weight excluding hydrogens is 368 g/mol. The zero-order valence-corrected chi connectivity index (χ0v) is 17.1. The van der Waals surface area contributed by atoms with Crippen molar-refractivity contribution in [1.82, 2.24) is 10.6 Å². The van der Waals surface area contributed by atoms with Crippen molar-refractivity contribution in [3.63, 3.8) is 0 Å². The lowest BCUT2D eigenvalue weighted by Crippen LogP contribution is -2.47. The molecule has 0 saturated carbocycles. The number of ether oxygens (including phenoxy) is 1. The summed E-state index contributed by atoms with van der Waals surface area (Å²) in [6.45, 7) is 2.77. The molecule has 4 atom stereocenters. The van der Waals surface area contributed by atoms with Gasteiger partial charge in [-0.2, -0.15) is 0 Å².